The van der Waals surface area contributed by atoms with Gasteiger partial charge in [0.05, 0.1) is 11.4 Å². The molecule has 0 aliphatic carbocycles. The second kappa shape index (κ2) is 14.1. The van der Waals surface area contributed by atoms with Gasteiger partial charge >= 0.3 is 0 Å². The maximum absolute atomic E-state index is 15.6. The van der Waals surface area contributed by atoms with E-state index < -0.39 is 11.4 Å². The third-order valence-corrected chi connectivity index (χ3v) is 7.84. The number of para-hydroxylation sites is 1. The van der Waals surface area contributed by atoms with E-state index in [4.69, 9.17) is 15.6 Å². The Bertz CT molecular complexity index is 1760. The Hall–Kier alpha value is -4.86. The Labute approximate surface area is 268 Å². The summed E-state index contributed by atoms with van der Waals surface area (Å²) in [5, 5.41) is 21.9. The fraction of sp³-hybridized carbons (Fsp3) is 0.382. The van der Waals surface area contributed by atoms with Crippen LogP contribution in [-0.2, 0) is 4.79 Å². The fourth-order valence-corrected chi connectivity index (χ4v) is 5.62. The zero-order valence-corrected chi connectivity index (χ0v) is 26.6. The molecule has 1 amide bonds. The fourth-order valence-electron chi connectivity index (χ4n) is 5.62. The quantitative estimate of drug-likeness (QED) is 0.119. The molecule has 4 aromatic rings. The van der Waals surface area contributed by atoms with Gasteiger partial charge in [0.15, 0.2) is 5.65 Å². The first-order valence-corrected chi connectivity index (χ1v) is 15.5. The van der Waals surface area contributed by atoms with Crippen molar-refractivity contribution in [1.82, 2.24) is 35.3 Å². The van der Waals surface area contributed by atoms with Crippen molar-refractivity contribution < 1.29 is 13.9 Å². The van der Waals surface area contributed by atoms with Gasteiger partial charge in [-0.2, -0.15) is 10.4 Å². The first kappa shape index (κ1) is 32.5. The number of carbonyl (C=O) groups is 1. The number of nitrogens with two attached hydrogens (primary N) is 1. The molecule has 2 aromatic carbocycles. The minimum Gasteiger partial charge on any atom is -0.457 e. The number of ether oxygens (including phenoxy) is 1. The molecule has 1 aliphatic heterocycles. The highest BCUT2D eigenvalue weighted by Gasteiger charge is 2.31. The van der Waals surface area contributed by atoms with Crippen molar-refractivity contribution in [3.63, 3.8) is 0 Å². The molecule has 0 bridgehead atoms. The van der Waals surface area contributed by atoms with E-state index in [2.05, 4.69) is 40.5 Å². The molecule has 0 saturated carbocycles. The minimum atomic E-state index is -0.568. The van der Waals surface area contributed by atoms with Crippen LogP contribution in [0.25, 0.3) is 22.3 Å². The van der Waals surface area contributed by atoms with Crippen molar-refractivity contribution >= 4 is 22.8 Å². The molecule has 2 aromatic heterocycles. The number of hydrogen-bond donors (Lipinski definition) is 3. The molecular weight excluding hydrogens is 585 g/mol. The number of carbonyl (C=O) groups excluding carboxylic acids is 1. The van der Waals surface area contributed by atoms with Crippen LogP contribution < -0.4 is 21.1 Å². The van der Waals surface area contributed by atoms with Gasteiger partial charge in [0.25, 0.3) is 5.91 Å². The molecule has 12 heteroatoms. The second-order valence-corrected chi connectivity index (χ2v) is 12.3. The second-order valence-electron chi connectivity index (χ2n) is 12.3. The Kier molecular flexibility index (Phi) is 9.94. The average Bonchev–Trinajstić information content (AvgIpc) is 3.43. The molecule has 11 nitrogen and oxygen atoms in total. The van der Waals surface area contributed by atoms with Crippen molar-refractivity contribution in [3.05, 3.63) is 72.3 Å². The normalized spacial score (nSPS) is 15.7. The van der Waals surface area contributed by atoms with Crippen LogP contribution in [0.4, 0.5) is 10.2 Å². The number of fused-ring (bicyclic) bond motifs is 1. The van der Waals surface area contributed by atoms with E-state index >= 15 is 4.39 Å². The number of hydrogen-bond acceptors (Lipinski definition) is 9. The van der Waals surface area contributed by atoms with Gasteiger partial charge < -0.3 is 26.0 Å². The number of nitrogens with one attached hydrogen (secondary N) is 2. The van der Waals surface area contributed by atoms with Gasteiger partial charge in [0.1, 0.15) is 46.8 Å². The first-order chi connectivity index (χ1) is 22.1. The molecule has 1 aliphatic rings. The van der Waals surface area contributed by atoms with Gasteiger partial charge in [-0.05, 0) is 57.0 Å². The van der Waals surface area contributed by atoms with Gasteiger partial charge in [0.2, 0.25) is 0 Å². The van der Waals surface area contributed by atoms with Gasteiger partial charge in [-0.15, -0.1) is 0 Å². The van der Waals surface area contributed by atoms with Crippen LogP contribution in [0.5, 0.6) is 11.5 Å². The van der Waals surface area contributed by atoms with Crippen LogP contribution in [0, 0.1) is 17.1 Å². The minimum absolute atomic E-state index is 0.0763. The molecule has 46 heavy (non-hydrogen) atoms. The summed E-state index contributed by atoms with van der Waals surface area (Å²) in [5.74, 6) is 0.226. The Morgan fingerprint density at radius 2 is 1.98 bits per heavy atom. The third kappa shape index (κ3) is 7.50. The van der Waals surface area contributed by atoms with Crippen molar-refractivity contribution in [1.29, 1.82) is 5.26 Å². The number of piperidine rings is 1. The molecule has 0 spiro atoms. The Morgan fingerprint density at radius 3 is 2.70 bits per heavy atom. The van der Waals surface area contributed by atoms with Gasteiger partial charge in [-0.3, -0.25) is 4.79 Å². The lowest BCUT2D eigenvalue weighted by atomic mass is 9.99. The maximum atomic E-state index is 15.6. The molecule has 0 radical (unpaired) electrons. The number of nitriles is 1. The van der Waals surface area contributed by atoms with Crippen molar-refractivity contribution in [2.75, 3.05) is 31.9 Å². The highest BCUT2D eigenvalue weighted by Crippen LogP contribution is 2.36. The Balaban J connectivity index is 1.39. The van der Waals surface area contributed by atoms with Crippen LogP contribution in [0.3, 0.4) is 0 Å². The molecule has 3 heterocycles. The van der Waals surface area contributed by atoms with E-state index in [0.29, 0.717) is 66.7 Å². The smallest absolute Gasteiger partial charge is 0.264 e. The molecule has 1 saturated heterocycles. The van der Waals surface area contributed by atoms with Crippen LogP contribution >= 0.6 is 0 Å². The van der Waals surface area contributed by atoms with Crippen LogP contribution in [0.2, 0.25) is 0 Å². The summed E-state index contributed by atoms with van der Waals surface area (Å²) in [5.41, 5.74) is 6.78. The average molecular weight is 626 g/mol. The molecule has 4 N–H and O–H groups in total. The summed E-state index contributed by atoms with van der Waals surface area (Å²) in [6.07, 6.45) is 4.44. The number of amides is 1. The standard InChI is InChI=1S/C34H40FN9O2/c1-22(2)38-14-15-41-34(3,4)18-23(19-36)33(45)43-16-8-9-24(20-43)44-32-29(31(37)39-21-40-32)30(42-44)27-13-12-26(17-28(27)35)46-25-10-6-5-7-11-25/h5-7,10-13,17-18,21-22,24,38,41H,8-9,14-16,20H2,1-4H3,(H2,37,39,40)/b23-18+/t24-/m1/s1. The van der Waals surface area contributed by atoms with E-state index in [9.17, 15) is 10.1 Å². The maximum Gasteiger partial charge on any atom is 0.264 e. The number of nitrogens with zero attached hydrogens (tertiary/aromatic N) is 6. The predicted molar refractivity (Wildman–Crippen MR) is 175 cm³/mol. The van der Waals surface area contributed by atoms with Crippen LogP contribution in [0.1, 0.15) is 46.6 Å². The summed E-state index contributed by atoms with van der Waals surface area (Å²) >= 11 is 0. The molecule has 5 rings (SSSR count). The Morgan fingerprint density at radius 1 is 1.20 bits per heavy atom. The monoisotopic (exact) mass is 625 g/mol. The number of benzene rings is 2. The van der Waals surface area contributed by atoms with Gasteiger partial charge in [-0.1, -0.05) is 32.0 Å². The largest absolute Gasteiger partial charge is 0.457 e. The summed E-state index contributed by atoms with van der Waals surface area (Å²) in [4.78, 5) is 23.9. The third-order valence-electron chi connectivity index (χ3n) is 7.84. The zero-order valence-electron chi connectivity index (χ0n) is 26.6. The number of halogens is 1. The molecule has 240 valence electrons. The van der Waals surface area contributed by atoms with Crippen molar-refractivity contribution in [2.45, 2.75) is 58.2 Å². The first-order valence-electron chi connectivity index (χ1n) is 15.5. The summed E-state index contributed by atoms with van der Waals surface area (Å²) < 4.78 is 23.1. The van der Waals surface area contributed by atoms with E-state index in [1.165, 1.54) is 12.4 Å². The summed E-state index contributed by atoms with van der Waals surface area (Å²) in [6, 6.07) is 15.9. The van der Waals surface area contributed by atoms with Crippen LogP contribution in [0.15, 0.2) is 66.5 Å². The molecule has 1 atom stereocenters. The number of anilines is 1. The van der Waals surface area contributed by atoms with Crippen molar-refractivity contribution in [2.24, 2.45) is 0 Å². The predicted octanol–water partition coefficient (Wildman–Crippen LogP) is 4.99. The lowest BCUT2D eigenvalue weighted by Gasteiger charge is -2.33. The molecule has 0 unspecified atom stereocenters. The van der Waals surface area contributed by atoms with Gasteiger partial charge in [0, 0.05) is 49.4 Å². The zero-order chi connectivity index (χ0) is 32.8. The van der Waals surface area contributed by atoms with Crippen LogP contribution in [-0.4, -0.2) is 68.3 Å². The topological polar surface area (TPSA) is 147 Å². The number of likely N-dealkylation sites (tertiary alicyclic amines) is 1. The SMILES string of the molecule is CC(C)NCCNC(C)(C)/C=C(\C#N)C(=O)N1CCC[C@@H](n2nc(-c3ccc(Oc4ccccc4)cc3F)c3c(N)ncnc32)C1. The van der Waals surface area contributed by atoms with E-state index in [-0.39, 0.29) is 28.9 Å². The van der Waals surface area contributed by atoms with E-state index in [1.807, 2.05) is 32.0 Å². The number of nitrogen functional groups attached to an aromatic ring is 1. The van der Waals surface area contributed by atoms with E-state index in [1.54, 1.807) is 39.9 Å². The molecule has 1 fully saturated rings. The van der Waals surface area contributed by atoms with Gasteiger partial charge in [-0.25, -0.2) is 19.0 Å². The van der Waals surface area contributed by atoms with Crippen molar-refractivity contribution in [3.8, 4) is 28.8 Å². The summed E-state index contributed by atoms with van der Waals surface area (Å²) in [6.45, 7) is 10.3. The highest BCUT2D eigenvalue weighted by molar-refractivity contribution is 5.99. The highest BCUT2D eigenvalue weighted by atomic mass is 19.1. The number of rotatable bonds is 11. The lowest BCUT2D eigenvalue weighted by molar-refractivity contribution is -0.128. The summed E-state index contributed by atoms with van der Waals surface area (Å²) in [7, 11) is 0. The lowest BCUT2D eigenvalue weighted by Crippen LogP contribution is -2.44. The molecular formula is C34H40FN9O2. The number of aromatic nitrogens is 4. The van der Waals surface area contributed by atoms with E-state index in [0.717, 1.165) is 6.54 Å².